The number of benzene rings is 1. The minimum Gasteiger partial charge on any atom is -0.284 e. The van der Waals surface area contributed by atoms with Gasteiger partial charge in [-0.2, -0.15) is 5.10 Å². The van der Waals surface area contributed by atoms with Crippen molar-refractivity contribution in [2.45, 2.75) is 18.4 Å². The van der Waals surface area contributed by atoms with E-state index in [9.17, 15) is 8.42 Å². The highest BCUT2D eigenvalue weighted by Gasteiger charge is 2.14. The Hall–Kier alpha value is -1.66. The molecule has 0 spiro atoms. The average molecular weight is 251 g/mol. The number of nitrogens with one attached hydrogen (secondary N) is 2. The number of aromatic nitrogens is 2. The fraction of sp³-hybridized carbons (Fsp3) is 0.182. The number of hydrogen-bond acceptors (Lipinski definition) is 3. The Labute approximate surface area is 99.9 Å². The third-order valence-electron chi connectivity index (χ3n) is 2.37. The lowest BCUT2D eigenvalue weighted by atomic mass is 10.2. The van der Waals surface area contributed by atoms with Crippen LogP contribution in [0.4, 0.5) is 0 Å². The summed E-state index contributed by atoms with van der Waals surface area (Å²) in [4.78, 5) is 0.143. The molecule has 0 fully saturated rings. The van der Waals surface area contributed by atoms with Crippen molar-refractivity contribution in [3.63, 3.8) is 0 Å². The van der Waals surface area contributed by atoms with Gasteiger partial charge in [-0.05, 0) is 12.5 Å². The summed E-state index contributed by atoms with van der Waals surface area (Å²) in [6.45, 7) is 2.26. The molecule has 0 aliphatic carbocycles. The van der Waals surface area contributed by atoms with Gasteiger partial charge in [-0.1, -0.05) is 29.8 Å². The number of aromatic amines is 1. The summed E-state index contributed by atoms with van der Waals surface area (Å²) >= 11 is 0. The van der Waals surface area contributed by atoms with E-state index in [1.165, 1.54) is 12.4 Å². The van der Waals surface area contributed by atoms with Crippen LogP contribution >= 0.6 is 0 Å². The summed E-state index contributed by atoms with van der Waals surface area (Å²) < 4.78 is 26.0. The number of H-pyrrole nitrogens is 1. The standard InChI is InChI=1S/C11H13N3O2S/c1-9-2-4-10(5-3-9)6-14-17(15,16)11-7-12-13-8-11/h2-5,7-8,14H,6H2,1H3,(H,12,13). The molecule has 1 heterocycles. The molecule has 2 N–H and O–H groups in total. The van der Waals surface area contributed by atoms with Gasteiger partial charge in [-0.15, -0.1) is 0 Å². The van der Waals surface area contributed by atoms with E-state index in [4.69, 9.17) is 0 Å². The van der Waals surface area contributed by atoms with Gasteiger partial charge in [-0.3, -0.25) is 5.10 Å². The van der Waals surface area contributed by atoms with E-state index >= 15 is 0 Å². The van der Waals surface area contributed by atoms with Crippen LogP contribution in [-0.2, 0) is 16.6 Å². The molecule has 0 saturated heterocycles. The molecule has 0 unspecified atom stereocenters. The molecule has 0 bridgehead atoms. The molecule has 0 saturated carbocycles. The minimum atomic E-state index is -3.47. The van der Waals surface area contributed by atoms with E-state index in [2.05, 4.69) is 14.9 Å². The normalized spacial score (nSPS) is 11.6. The van der Waals surface area contributed by atoms with Gasteiger partial charge in [0.05, 0.1) is 6.20 Å². The maximum absolute atomic E-state index is 11.8. The molecule has 1 aromatic heterocycles. The average Bonchev–Trinajstić information content (AvgIpc) is 2.82. The Bertz CT molecular complexity index is 574. The zero-order chi connectivity index (χ0) is 12.3. The van der Waals surface area contributed by atoms with E-state index in [1.807, 2.05) is 31.2 Å². The maximum Gasteiger partial charge on any atom is 0.243 e. The molecule has 2 aromatic rings. The first-order valence-electron chi connectivity index (χ1n) is 5.12. The van der Waals surface area contributed by atoms with Crippen LogP contribution in [0, 0.1) is 6.92 Å². The van der Waals surface area contributed by atoms with Crippen molar-refractivity contribution in [2.24, 2.45) is 0 Å². The lowest BCUT2D eigenvalue weighted by Gasteiger charge is -2.04. The third-order valence-corrected chi connectivity index (χ3v) is 3.74. The molecular formula is C11H13N3O2S. The highest BCUT2D eigenvalue weighted by atomic mass is 32.2. The highest BCUT2D eigenvalue weighted by molar-refractivity contribution is 7.89. The second kappa shape index (κ2) is 4.68. The van der Waals surface area contributed by atoms with E-state index in [0.29, 0.717) is 0 Å². The van der Waals surface area contributed by atoms with Crippen molar-refractivity contribution < 1.29 is 8.42 Å². The second-order valence-corrected chi connectivity index (χ2v) is 5.51. The molecule has 0 radical (unpaired) electrons. The minimum absolute atomic E-state index is 0.143. The Morgan fingerprint density at radius 1 is 1.29 bits per heavy atom. The Morgan fingerprint density at radius 3 is 2.59 bits per heavy atom. The fourth-order valence-electron chi connectivity index (χ4n) is 1.35. The molecule has 1 aromatic carbocycles. The third kappa shape index (κ3) is 2.92. The lowest BCUT2D eigenvalue weighted by molar-refractivity contribution is 0.581. The molecule has 0 aliphatic heterocycles. The van der Waals surface area contributed by atoms with Gasteiger partial charge < -0.3 is 0 Å². The molecule has 0 amide bonds. The van der Waals surface area contributed by atoms with Crippen LogP contribution in [0.2, 0.25) is 0 Å². The lowest BCUT2D eigenvalue weighted by Crippen LogP contribution is -2.22. The van der Waals surface area contributed by atoms with E-state index in [-0.39, 0.29) is 11.4 Å². The van der Waals surface area contributed by atoms with Crippen LogP contribution in [0.25, 0.3) is 0 Å². The molecule has 0 atom stereocenters. The van der Waals surface area contributed by atoms with Gasteiger partial charge in [0.15, 0.2) is 0 Å². The molecule has 17 heavy (non-hydrogen) atoms. The number of hydrogen-bond donors (Lipinski definition) is 2. The predicted molar refractivity (Wildman–Crippen MR) is 63.8 cm³/mol. The van der Waals surface area contributed by atoms with Crippen molar-refractivity contribution in [2.75, 3.05) is 0 Å². The number of nitrogens with zero attached hydrogens (tertiary/aromatic N) is 1. The topological polar surface area (TPSA) is 74.8 Å². The molecule has 90 valence electrons. The summed E-state index contributed by atoms with van der Waals surface area (Å²) in [5.74, 6) is 0. The van der Waals surface area contributed by atoms with Gasteiger partial charge >= 0.3 is 0 Å². The van der Waals surface area contributed by atoms with Crippen molar-refractivity contribution in [3.8, 4) is 0 Å². The summed E-state index contributed by atoms with van der Waals surface area (Å²) in [5.41, 5.74) is 2.06. The van der Waals surface area contributed by atoms with Crippen molar-refractivity contribution in [3.05, 3.63) is 47.8 Å². The predicted octanol–water partition coefficient (Wildman–Crippen LogP) is 1.20. The largest absolute Gasteiger partial charge is 0.284 e. The van der Waals surface area contributed by atoms with Gasteiger partial charge in [-0.25, -0.2) is 13.1 Å². The van der Waals surface area contributed by atoms with Crippen LogP contribution in [0.15, 0.2) is 41.6 Å². The van der Waals surface area contributed by atoms with Crippen LogP contribution in [0.5, 0.6) is 0 Å². The van der Waals surface area contributed by atoms with E-state index in [0.717, 1.165) is 11.1 Å². The monoisotopic (exact) mass is 251 g/mol. The molecule has 2 rings (SSSR count). The second-order valence-electron chi connectivity index (χ2n) is 3.74. The highest BCUT2D eigenvalue weighted by Crippen LogP contribution is 2.07. The van der Waals surface area contributed by atoms with Crippen LogP contribution in [0.1, 0.15) is 11.1 Å². The first-order chi connectivity index (χ1) is 8.08. The van der Waals surface area contributed by atoms with Gasteiger partial charge in [0.1, 0.15) is 4.90 Å². The first kappa shape index (κ1) is 11.8. The van der Waals surface area contributed by atoms with Crippen LogP contribution < -0.4 is 4.72 Å². The summed E-state index contributed by atoms with van der Waals surface area (Å²) in [6.07, 6.45) is 2.62. The SMILES string of the molecule is Cc1ccc(CNS(=O)(=O)c2cn[nH]c2)cc1. The van der Waals surface area contributed by atoms with Crippen molar-refractivity contribution in [1.82, 2.24) is 14.9 Å². The first-order valence-corrected chi connectivity index (χ1v) is 6.60. The number of rotatable bonds is 4. The molecular weight excluding hydrogens is 238 g/mol. The van der Waals surface area contributed by atoms with Gasteiger partial charge in [0.2, 0.25) is 10.0 Å². The Kier molecular flexibility index (Phi) is 3.26. The van der Waals surface area contributed by atoms with E-state index in [1.54, 1.807) is 0 Å². The van der Waals surface area contributed by atoms with Crippen molar-refractivity contribution in [1.29, 1.82) is 0 Å². The molecule has 6 heteroatoms. The smallest absolute Gasteiger partial charge is 0.243 e. The van der Waals surface area contributed by atoms with Crippen molar-refractivity contribution >= 4 is 10.0 Å². The summed E-state index contributed by atoms with van der Waals surface area (Å²) in [6, 6.07) is 7.68. The Morgan fingerprint density at radius 2 is 2.00 bits per heavy atom. The number of aryl methyl sites for hydroxylation is 1. The molecule has 0 aliphatic rings. The maximum atomic E-state index is 11.8. The summed E-state index contributed by atoms with van der Waals surface area (Å²) in [5, 5.41) is 6.08. The van der Waals surface area contributed by atoms with Gasteiger partial charge in [0.25, 0.3) is 0 Å². The van der Waals surface area contributed by atoms with E-state index < -0.39 is 10.0 Å². The molecule has 5 nitrogen and oxygen atoms in total. The summed E-state index contributed by atoms with van der Waals surface area (Å²) in [7, 11) is -3.47. The Balaban J connectivity index is 2.06. The van der Waals surface area contributed by atoms with Crippen LogP contribution in [0.3, 0.4) is 0 Å². The zero-order valence-electron chi connectivity index (χ0n) is 9.34. The fourth-order valence-corrected chi connectivity index (χ4v) is 2.28. The van der Waals surface area contributed by atoms with Crippen LogP contribution in [-0.4, -0.2) is 18.6 Å². The quantitative estimate of drug-likeness (QED) is 0.857. The number of sulfonamides is 1. The van der Waals surface area contributed by atoms with Gasteiger partial charge in [0, 0.05) is 12.7 Å². The zero-order valence-corrected chi connectivity index (χ0v) is 10.2.